The highest BCUT2D eigenvalue weighted by atomic mass is 16.6. The topological polar surface area (TPSA) is 41.9 Å². The summed E-state index contributed by atoms with van der Waals surface area (Å²) in [5.41, 5.74) is 1.10. The fourth-order valence-corrected chi connectivity index (χ4v) is 1.32. The summed E-state index contributed by atoms with van der Waals surface area (Å²) in [6, 6.07) is 0. The largest absolute Gasteiger partial charge is 0.399 e. The maximum absolute atomic E-state index is 11.4. The van der Waals surface area contributed by atoms with Crippen LogP contribution in [-0.4, -0.2) is 37.2 Å². The van der Waals surface area contributed by atoms with E-state index in [2.05, 4.69) is 16.6 Å². The van der Waals surface area contributed by atoms with E-state index < -0.39 is 0 Å². The van der Waals surface area contributed by atoms with E-state index in [1.165, 1.54) is 13.3 Å². The summed E-state index contributed by atoms with van der Waals surface area (Å²) >= 11 is 0. The van der Waals surface area contributed by atoms with Crippen molar-refractivity contribution in [2.75, 3.05) is 20.2 Å². The molecule has 0 unspecified atom stereocenters. The molecule has 0 aromatic heterocycles. The smallest absolute Gasteiger partial charge is 0.268 e. The SMILES string of the molecule is C=C1CCCN(C(=O)/C=N/OC)C1. The summed E-state index contributed by atoms with van der Waals surface area (Å²) in [7, 11) is 1.42. The number of rotatable bonds is 2. The first-order valence-corrected chi connectivity index (χ1v) is 4.26. The Kier molecular flexibility index (Phi) is 3.49. The van der Waals surface area contributed by atoms with Gasteiger partial charge in [0.15, 0.2) is 0 Å². The van der Waals surface area contributed by atoms with E-state index >= 15 is 0 Å². The quantitative estimate of drug-likeness (QED) is 0.360. The van der Waals surface area contributed by atoms with Gasteiger partial charge in [0.25, 0.3) is 5.91 Å². The van der Waals surface area contributed by atoms with Crippen LogP contribution >= 0.6 is 0 Å². The summed E-state index contributed by atoms with van der Waals surface area (Å²) in [6.07, 6.45) is 3.20. The molecule has 0 radical (unpaired) electrons. The van der Waals surface area contributed by atoms with Crippen LogP contribution in [0.25, 0.3) is 0 Å². The molecule has 1 rings (SSSR count). The van der Waals surface area contributed by atoms with Crippen LogP contribution in [-0.2, 0) is 9.63 Å². The van der Waals surface area contributed by atoms with Crippen molar-refractivity contribution in [3.63, 3.8) is 0 Å². The van der Waals surface area contributed by atoms with Crippen LogP contribution in [0.5, 0.6) is 0 Å². The Morgan fingerprint density at radius 3 is 3.15 bits per heavy atom. The van der Waals surface area contributed by atoms with Crippen LogP contribution in [0, 0.1) is 0 Å². The third-order valence-electron chi connectivity index (χ3n) is 1.95. The van der Waals surface area contributed by atoms with Gasteiger partial charge in [-0.1, -0.05) is 17.3 Å². The molecule has 1 saturated heterocycles. The number of hydrogen-bond acceptors (Lipinski definition) is 3. The van der Waals surface area contributed by atoms with E-state index in [-0.39, 0.29) is 5.91 Å². The van der Waals surface area contributed by atoms with Crippen molar-refractivity contribution < 1.29 is 9.63 Å². The van der Waals surface area contributed by atoms with Gasteiger partial charge in [0.2, 0.25) is 0 Å². The van der Waals surface area contributed by atoms with Crippen LogP contribution < -0.4 is 0 Å². The fourth-order valence-electron chi connectivity index (χ4n) is 1.32. The molecule has 1 fully saturated rings. The van der Waals surface area contributed by atoms with E-state index in [1.54, 1.807) is 4.90 Å². The van der Waals surface area contributed by atoms with Crippen LogP contribution in [0.4, 0.5) is 0 Å². The summed E-state index contributed by atoms with van der Waals surface area (Å²) in [6.45, 7) is 5.29. The molecule has 1 amide bonds. The molecule has 72 valence electrons. The molecule has 0 aliphatic carbocycles. The van der Waals surface area contributed by atoms with Gasteiger partial charge in [-0.3, -0.25) is 4.79 Å². The zero-order valence-electron chi connectivity index (χ0n) is 7.82. The average Bonchev–Trinajstić information content (AvgIpc) is 2.14. The number of piperidine rings is 1. The Morgan fingerprint density at radius 1 is 1.77 bits per heavy atom. The molecule has 4 heteroatoms. The summed E-state index contributed by atoms with van der Waals surface area (Å²) in [5, 5.41) is 3.43. The third kappa shape index (κ3) is 2.89. The molecule has 1 aliphatic heterocycles. The summed E-state index contributed by atoms with van der Waals surface area (Å²) in [5.74, 6) is -0.109. The molecule has 0 aromatic rings. The van der Waals surface area contributed by atoms with Crippen LogP contribution in [0.15, 0.2) is 17.3 Å². The molecule has 0 spiro atoms. The maximum Gasteiger partial charge on any atom is 0.268 e. The minimum absolute atomic E-state index is 0.109. The predicted molar refractivity (Wildman–Crippen MR) is 50.5 cm³/mol. The minimum atomic E-state index is -0.109. The van der Waals surface area contributed by atoms with Crippen molar-refractivity contribution in [1.29, 1.82) is 0 Å². The lowest BCUT2D eigenvalue weighted by molar-refractivity contribution is -0.123. The first kappa shape index (κ1) is 9.77. The van der Waals surface area contributed by atoms with Gasteiger partial charge in [0.05, 0.1) is 0 Å². The lowest BCUT2D eigenvalue weighted by Crippen LogP contribution is -2.37. The van der Waals surface area contributed by atoms with E-state index in [0.717, 1.165) is 25.0 Å². The zero-order chi connectivity index (χ0) is 9.68. The van der Waals surface area contributed by atoms with Gasteiger partial charge >= 0.3 is 0 Å². The lowest BCUT2D eigenvalue weighted by Gasteiger charge is -2.26. The first-order valence-electron chi connectivity index (χ1n) is 4.26. The standard InChI is InChI=1S/C9H14N2O2/c1-8-4-3-5-11(7-8)9(12)6-10-13-2/h6H,1,3-5,7H2,2H3/b10-6+. The van der Waals surface area contributed by atoms with Gasteiger partial charge in [-0.25, -0.2) is 0 Å². The monoisotopic (exact) mass is 182 g/mol. The zero-order valence-corrected chi connectivity index (χ0v) is 7.82. The van der Waals surface area contributed by atoms with Crippen molar-refractivity contribution in [3.8, 4) is 0 Å². The molecular formula is C9H14N2O2. The van der Waals surface area contributed by atoms with Gasteiger partial charge in [-0.2, -0.15) is 0 Å². The average molecular weight is 182 g/mol. The normalized spacial score (nSPS) is 17.9. The molecule has 0 aromatic carbocycles. The number of amides is 1. The second-order valence-corrected chi connectivity index (χ2v) is 3.03. The molecule has 0 saturated carbocycles. The predicted octanol–water partition coefficient (Wildman–Crippen LogP) is 0.797. The molecule has 1 heterocycles. The second-order valence-electron chi connectivity index (χ2n) is 3.03. The van der Waals surface area contributed by atoms with Gasteiger partial charge < -0.3 is 9.74 Å². The lowest BCUT2D eigenvalue weighted by atomic mass is 10.1. The van der Waals surface area contributed by atoms with Gasteiger partial charge in [0.1, 0.15) is 13.3 Å². The molecule has 1 aliphatic rings. The van der Waals surface area contributed by atoms with Crippen LogP contribution in [0.2, 0.25) is 0 Å². The third-order valence-corrected chi connectivity index (χ3v) is 1.95. The van der Waals surface area contributed by atoms with Gasteiger partial charge in [-0.15, -0.1) is 0 Å². The molecule has 13 heavy (non-hydrogen) atoms. The van der Waals surface area contributed by atoms with Crippen molar-refractivity contribution in [2.24, 2.45) is 5.16 Å². The molecule has 0 N–H and O–H groups in total. The summed E-state index contributed by atoms with van der Waals surface area (Å²) < 4.78 is 0. The number of oxime groups is 1. The van der Waals surface area contributed by atoms with Gasteiger partial charge in [0, 0.05) is 13.1 Å². The van der Waals surface area contributed by atoms with Crippen LogP contribution in [0.3, 0.4) is 0 Å². The van der Waals surface area contributed by atoms with E-state index in [4.69, 9.17) is 0 Å². The van der Waals surface area contributed by atoms with E-state index in [1.807, 2.05) is 0 Å². The Hall–Kier alpha value is -1.32. The van der Waals surface area contributed by atoms with Crippen molar-refractivity contribution in [3.05, 3.63) is 12.2 Å². The van der Waals surface area contributed by atoms with Crippen molar-refractivity contribution in [2.45, 2.75) is 12.8 Å². The molecule has 4 nitrogen and oxygen atoms in total. The Morgan fingerprint density at radius 2 is 2.54 bits per heavy atom. The first-order chi connectivity index (χ1) is 6.24. The summed E-state index contributed by atoms with van der Waals surface area (Å²) in [4.78, 5) is 17.5. The highest BCUT2D eigenvalue weighted by Crippen LogP contribution is 2.12. The van der Waals surface area contributed by atoms with Crippen LogP contribution in [0.1, 0.15) is 12.8 Å². The second kappa shape index (κ2) is 4.64. The highest BCUT2D eigenvalue weighted by Gasteiger charge is 2.16. The molecule has 0 atom stereocenters. The molecule has 0 bridgehead atoms. The number of carbonyl (C=O) groups excluding carboxylic acids is 1. The molecular weight excluding hydrogens is 168 g/mol. The highest BCUT2D eigenvalue weighted by molar-refractivity contribution is 6.26. The van der Waals surface area contributed by atoms with Crippen molar-refractivity contribution >= 4 is 12.1 Å². The van der Waals surface area contributed by atoms with E-state index in [0.29, 0.717) is 6.54 Å². The maximum atomic E-state index is 11.4. The Bertz CT molecular complexity index is 236. The van der Waals surface area contributed by atoms with Gasteiger partial charge in [-0.05, 0) is 12.8 Å². The Labute approximate surface area is 77.8 Å². The number of likely N-dealkylation sites (tertiary alicyclic amines) is 1. The number of hydrogen-bond donors (Lipinski definition) is 0. The minimum Gasteiger partial charge on any atom is -0.399 e. The number of carbonyl (C=O) groups is 1. The van der Waals surface area contributed by atoms with Crippen molar-refractivity contribution in [1.82, 2.24) is 4.90 Å². The fraction of sp³-hybridized carbons (Fsp3) is 0.556. The van der Waals surface area contributed by atoms with E-state index in [9.17, 15) is 4.79 Å². The number of nitrogens with zero attached hydrogens (tertiary/aromatic N) is 2. The Balaban J connectivity index is 2.46.